The number of fused-ring (bicyclic) bond motifs is 1. The fourth-order valence-electron chi connectivity index (χ4n) is 3.36. The van der Waals surface area contributed by atoms with Crippen LogP contribution in [0, 0.1) is 6.92 Å². The Morgan fingerprint density at radius 2 is 1.69 bits per heavy atom. The molecule has 0 aliphatic heterocycles. The molecule has 0 aliphatic rings. The molecule has 0 saturated heterocycles. The molecular formula is C24H26N2O3. The van der Waals surface area contributed by atoms with Crippen LogP contribution in [-0.4, -0.2) is 32.0 Å². The molecule has 0 fully saturated rings. The number of ether oxygens (including phenoxy) is 1. The first-order chi connectivity index (χ1) is 14.1. The van der Waals surface area contributed by atoms with Crippen LogP contribution >= 0.6 is 0 Å². The van der Waals surface area contributed by atoms with Gasteiger partial charge in [-0.15, -0.1) is 0 Å². The van der Waals surface area contributed by atoms with E-state index in [4.69, 9.17) is 4.74 Å². The van der Waals surface area contributed by atoms with Gasteiger partial charge in [0.1, 0.15) is 5.75 Å². The molecule has 0 bridgehead atoms. The van der Waals surface area contributed by atoms with E-state index >= 15 is 0 Å². The van der Waals surface area contributed by atoms with E-state index in [2.05, 4.69) is 16.7 Å². The molecule has 2 N–H and O–H groups in total. The molecule has 0 aliphatic carbocycles. The van der Waals surface area contributed by atoms with E-state index < -0.39 is 0 Å². The molecular weight excluding hydrogens is 364 g/mol. The average Bonchev–Trinajstić information content (AvgIpc) is 2.73. The Kier molecular flexibility index (Phi) is 6.85. The fourth-order valence-corrected chi connectivity index (χ4v) is 3.36. The molecule has 2 amide bonds. The SMILES string of the molecule is COc1ccc(C)cc1CCNC(=O)CNC(=O)Cc1cccc2ccccc12. The number of rotatable bonds is 8. The Bertz CT molecular complexity index is 1010. The second-order valence-electron chi connectivity index (χ2n) is 7.01. The van der Waals surface area contributed by atoms with E-state index in [0.717, 1.165) is 33.2 Å². The van der Waals surface area contributed by atoms with Gasteiger partial charge in [-0.3, -0.25) is 9.59 Å². The maximum absolute atomic E-state index is 12.3. The van der Waals surface area contributed by atoms with E-state index in [-0.39, 0.29) is 24.8 Å². The lowest BCUT2D eigenvalue weighted by Gasteiger charge is -2.11. The summed E-state index contributed by atoms with van der Waals surface area (Å²) in [5.41, 5.74) is 3.15. The zero-order valence-corrected chi connectivity index (χ0v) is 16.8. The van der Waals surface area contributed by atoms with Gasteiger partial charge in [0, 0.05) is 6.54 Å². The molecule has 0 spiro atoms. The molecule has 29 heavy (non-hydrogen) atoms. The first-order valence-corrected chi connectivity index (χ1v) is 9.70. The number of nitrogens with one attached hydrogen (secondary N) is 2. The molecule has 3 aromatic carbocycles. The van der Waals surface area contributed by atoms with Gasteiger partial charge in [-0.2, -0.15) is 0 Å². The van der Waals surface area contributed by atoms with Gasteiger partial charge < -0.3 is 15.4 Å². The number of methoxy groups -OCH3 is 1. The van der Waals surface area contributed by atoms with Crippen molar-refractivity contribution in [1.29, 1.82) is 0 Å². The number of aryl methyl sites for hydroxylation is 1. The Hall–Kier alpha value is -3.34. The predicted octanol–water partition coefficient (Wildman–Crippen LogP) is 3.17. The summed E-state index contributed by atoms with van der Waals surface area (Å²) < 4.78 is 5.35. The summed E-state index contributed by atoms with van der Waals surface area (Å²) in [5.74, 6) is 0.438. The molecule has 3 rings (SSSR count). The summed E-state index contributed by atoms with van der Waals surface area (Å²) in [7, 11) is 1.64. The Balaban J connectivity index is 1.46. The number of hydrogen-bond acceptors (Lipinski definition) is 3. The van der Waals surface area contributed by atoms with Crippen molar-refractivity contribution in [2.24, 2.45) is 0 Å². The molecule has 0 heterocycles. The smallest absolute Gasteiger partial charge is 0.239 e. The Labute approximate surface area is 171 Å². The normalized spacial score (nSPS) is 10.6. The van der Waals surface area contributed by atoms with Crippen molar-refractivity contribution in [1.82, 2.24) is 10.6 Å². The molecule has 0 radical (unpaired) electrons. The zero-order valence-electron chi connectivity index (χ0n) is 16.8. The standard InChI is InChI=1S/C24H26N2O3/c1-17-10-11-22(29-2)20(14-17)12-13-25-24(28)16-26-23(27)15-19-8-5-7-18-6-3-4-9-21(18)19/h3-11,14H,12-13,15-16H2,1-2H3,(H,25,28)(H,26,27). The summed E-state index contributed by atoms with van der Waals surface area (Å²) >= 11 is 0. The van der Waals surface area contributed by atoms with Gasteiger partial charge in [0.2, 0.25) is 11.8 Å². The van der Waals surface area contributed by atoms with Crippen LogP contribution < -0.4 is 15.4 Å². The van der Waals surface area contributed by atoms with Crippen LogP contribution in [0.15, 0.2) is 60.7 Å². The van der Waals surface area contributed by atoms with Gasteiger partial charge in [-0.25, -0.2) is 0 Å². The van der Waals surface area contributed by atoms with Crippen molar-refractivity contribution in [2.45, 2.75) is 19.8 Å². The summed E-state index contributed by atoms with van der Waals surface area (Å²) in [5, 5.41) is 7.70. The first-order valence-electron chi connectivity index (χ1n) is 9.70. The third-order valence-electron chi connectivity index (χ3n) is 4.83. The topological polar surface area (TPSA) is 67.4 Å². The summed E-state index contributed by atoms with van der Waals surface area (Å²) in [6.45, 7) is 2.47. The van der Waals surface area contributed by atoms with Crippen LogP contribution in [0.3, 0.4) is 0 Å². The maximum Gasteiger partial charge on any atom is 0.239 e. The van der Waals surface area contributed by atoms with Gasteiger partial charge in [-0.05, 0) is 41.3 Å². The molecule has 0 aromatic heterocycles. The molecule has 5 heteroatoms. The van der Waals surface area contributed by atoms with Crippen molar-refractivity contribution in [3.63, 3.8) is 0 Å². The second kappa shape index (κ2) is 9.73. The first kappa shape index (κ1) is 20.4. The van der Waals surface area contributed by atoms with E-state index in [1.54, 1.807) is 7.11 Å². The predicted molar refractivity (Wildman–Crippen MR) is 115 cm³/mol. The molecule has 150 valence electrons. The van der Waals surface area contributed by atoms with Crippen LogP contribution in [0.25, 0.3) is 10.8 Å². The average molecular weight is 390 g/mol. The van der Waals surface area contributed by atoms with Crippen LogP contribution in [0.1, 0.15) is 16.7 Å². The molecule has 3 aromatic rings. The van der Waals surface area contributed by atoms with E-state index in [1.807, 2.05) is 61.5 Å². The van der Waals surface area contributed by atoms with Crippen LogP contribution in [0.2, 0.25) is 0 Å². The van der Waals surface area contributed by atoms with Gasteiger partial charge in [0.25, 0.3) is 0 Å². The minimum atomic E-state index is -0.206. The van der Waals surface area contributed by atoms with E-state index in [9.17, 15) is 9.59 Å². The molecule has 0 unspecified atom stereocenters. The van der Waals surface area contributed by atoms with E-state index in [1.165, 1.54) is 0 Å². The highest BCUT2D eigenvalue weighted by Gasteiger charge is 2.09. The van der Waals surface area contributed by atoms with Crippen molar-refractivity contribution < 1.29 is 14.3 Å². The quantitative estimate of drug-likeness (QED) is 0.621. The minimum absolute atomic E-state index is 0.0332. The number of amides is 2. The summed E-state index contributed by atoms with van der Waals surface area (Å²) in [6.07, 6.45) is 0.912. The van der Waals surface area contributed by atoms with Crippen molar-refractivity contribution in [3.05, 3.63) is 77.4 Å². The summed E-state index contributed by atoms with van der Waals surface area (Å²) in [4.78, 5) is 24.3. The van der Waals surface area contributed by atoms with Gasteiger partial charge in [0.15, 0.2) is 0 Å². The fraction of sp³-hybridized carbons (Fsp3) is 0.250. The zero-order chi connectivity index (χ0) is 20.6. The van der Waals surface area contributed by atoms with Gasteiger partial charge in [0.05, 0.1) is 20.1 Å². The lowest BCUT2D eigenvalue weighted by Crippen LogP contribution is -2.38. The van der Waals surface area contributed by atoms with Crippen molar-refractivity contribution >= 4 is 22.6 Å². The number of hydrogen-bond donors (Lipinski definition) is 2. The third kappa shape index (κ3) is 5.57. The maximum atomic E-state index is 12.3. The highest BCUT2D eigenvalue weighted by atomic mass is 16.5. The minimum Gasteiger partial charge on any atom is -0.496 e. The van der Waals surface area contributed by atoms with E-state index in [0.29, 0.717) is 13.0 Å². The van der Waals surface area contributed by atoms with Gasteiger partial charge >= 0.3 is 0 Å². The molecule has 0 saturated carbocycles. The lowest BCUT2D eigenvalue weighted by atomic mass is 10.0. The van der Waals surface area contributed by atoms with Crippen molar-refractivity contribution in [3.8, 4) is 5.75 Å². The Morgan fingerprint density at radius 3 is 2.52 bits per heavy atom. The highest BCUT2D eigenvalue weighted by molar-refractivity contribution is 5.91. The third-order valence-corrected chi connectivity index (χ3v) is 4.83. The number of benzene rings is 3. The second-order valence-corrected chi connectivity index (χ2v) is 7.01. The van der Waals surface area contributed by atoms with Crippen LogP contribution in [0.4, 0.5) is 0 Å². The number of carbonyl (C=O) groups is 2. The lowest BCUT2D eigenvalue weighted by molar-refractivity contribution is -0.125. The Morgan fingerprint density at radius 1 is 0.897 bits per heavy atom. The van der Waals surface area contributed by atoms with Crippen LogP contribution in [0.5, 0.6) is 5.75 Å². The molecule has 0 atom stereocenters. The highest BCUT2D eigenvalue weighted by Crippen LogP contribution is 2.20. The largest absolute Gasteiger partial charge is 0.496 e. The van der Waals surface area contributed by atoms with Crippen LogP contribution in [-0.2, 0) is 22.4 Å². The summed E-state index contributed by atoms with van der Waals surface area (Å²) in [6, 6.07) is 19.8. The van der Waals surface area contributed by atoms with Gasteiger partial charge in [-0.1, -0.05) is 60.2 Å². The van der Waals surface area contributed by atoms with Crippen molar-refractivity contribution in [2.75, 3.05) is 20.2 Å². The molecule has 5 nitrogen and oxygen atoms in total. The number of carbonyl (C=O) groups excluding carboxylic acids is 2. The monoisotopic (exact) mass is 390 g/mol.